The molecule has 1 aromatic carbocycles. The monoisotopic (exact) mass is 294 g/mol. The Hall–Kier alpha value is -2.75. The van der Waals surface area contributed by atoms with E-state index >= 15 is 0 Å². The Morgan fingerprint density at radius 2 is 2.14 bits per heavy atom. The van der Waals surface area contributed by atoms with Crippen LogP contribution < -0.4 is 4.90 Å². The first kappa shape index (κ1) is 13.2. The lowest BCUT2D eigenvalue weighted by molar-refractivity contribution is -0.383. The predicted molar refractivity (Wildman–Crippen MR) is 67.9 cm³/mol. The highest BCUT2D eigenvalue weighted by molar-refractivity contribution is 5.95. The molecular weight excluding hydrogens is 284 g/mol. The van der Waals surface area contributed by atoms with Crippen molar-refractivity contribution in [3.05, 3.63) is 22.2 Å². The van der Waals surface area contributed by atoms with Crippen LogP contribution in [-0.2, 0) is 4.79 Å². The van der Waals surface area contributed by atoms with Crippen LogP contribution >= 0.6 is 0 Å². The fourth-order valence-corrected chi connectivity index (χ4v) is 2.53. The molecule has 10 heteroatoms. The minimum Gasteiger partial charge on any atom is -0.480 e. The number of nitro groups is 1. The van der Waals surface area contributed by atoms with Crippen molar-refractivity contribution in [3.8, 4) is 0 Å². The van der Waals surface area contributed by atoms with Crippen LogP contribution in [0, 0.1) is 10.1 Å². The number of aliphatic hydroxyl groups excluding tert-OH is 1. The zero-order valence-electron chi connectivity index (χ0n) is 10.5. The quantitative estimate of drug-likeness (QED) is 0.597. The molecule has 1 aliphatic heterocycles. The van der Waals surface area contributed by atoms with Gasteiger partial charge in [0.1, 0.15) is 6.04 Å². The zero-order chi connectivity index (χ0) is 15.1. The number of carboxylic acids is 1. The second kappa shape index (κ2) is 4.66. The molecule has 0 aliphatic carbocycles. The van der Waals surface area contributed by atoms with Gasteiger partial charge in [0.25, 0.3) is 0 Å². The number of fused-ring (bicyclic) bond motifs is 1. The van der Waals surface area contributed by atoms with E-state index in [2.05, 4.69) is 14.9 Å². The summed E-state index contributed by atoms with van der Waals surface area (Å²) in [5.74, 6) is -1.09. The van der Waals surface area contributed by atoms with Crippen LogP contribution in [0.4, 0.5) is 11.4 Å². The number of benzene rings is 1. The minimum absolute atomic E-state index is 0.0528. The number of hydrogen-bond donors (Lipinski definition) is 2. The largest absolute Gasteiger partial charge is 0.480 e. The predicted octanol–water partition coefficient (Wildman–Crippen LogP) is 0.155. The Morgan fingerprint density at radius 1 is 1.43 bits per heavy atom. The van der Waals surface area contributed by atoms with Gasteiger partial charge < -0.3 is 15.1 Å². The lowest BCUT2D eigenvalue weighted by Crippen LogP contribution is -2.36. The molecule has 10 nitrogen and oxygen atoms in total. The number of aliphatic carboxylic acids is 1. The molecule has 110 valence electrons. The van der Waals surface area contributed by atoms with Crippen LogP contribution in [0.15, 0.2) is 16.8 Å². The van der Waals surface area contributed by atoms with Gasteiger partial charge in [-0.15, -0.1) is 0 Å². The van der Waals surface area contributed by atoms with E-state index in [9.17, 15) is 25.1 Å². The number of nitro benzene ring substituents is 1. The highest BCUT2D eigenvalue weighted by atomic mass is 16.6. The highest BCUT2D eigenvalue weighted by Gasteiger charge is 2.38. The van der Waals surface area contributed by atoms with Gasteiger partial charge in [-0.3, -0.25) is 10.1 Å². The topological polar surface area (TPSA) is 143 Å². The lowest BCUT2D eigenvalue weighted by atomic mass is 10.1. The van der Waals surface area contributed by atoms with Gasteiger partial charge >= 0.3 is 11.7 Å². The molecule has 2 heterocycles. The van der Waals surface area contributed by atoms with E-state index in [0.29, 0.717) is 5.69 Å². The van der Waals surface area contributed by atoms with E-state index in [-0.39, 0.29) is 29.7 Å². The molecule has 2 atom stereocenters. The van der Waals surface area contributed by atoms with E-state index in [4.69, 9.17) is 0 Å². The summed E-state index contributed by atoms with van der Waals surface area (Å²) in [4.78, 5) is 23.0. The van der Waals surface area contributed by atoms with Crippen LogP contribution in [0.5, 0.6) is 0 Å². The third-order valence-electron chi connectivity index (χ3n) is 3.44. The summed E-state index contributed by atoms with van der Waals surface area (Å²) >= 11 is 0. The number of anilines is 1. The van der Waals surface area contributed by atoms with E-state index in [1.54, 1.807) is 0 Å². The van der Waals surface area contributed by atoms with Gasteiger partial charge in [0.15, 0.2) is 5.52 Å². The normalized spacial score (nSPS) is 21.9. The van der Waals surface area contributed by atoms with Crippen LogP contribution in [0.2, 0.25) is 0 Å². The summed E-state index contributed by atoms with van der Waals surface area (Å²) in [6.45, 7) is 0.0940. The fourth-order valence-electron chi connectivity index (χ4n) is 2.53. The molecule has 21 heavy (non-hydrogen) atoms. The van der Waals surface area contributed by atoms with Crippen LogP contribution in [0.25, 0.3) is 11.0 Å². The first-order valence-electron chi connectivity index (χ1n) is 6.06. The standard InChI is InChI=1S/C11H10N4O6/c16-5-3-8(11(17)18)14(4-5)6-1-2-7(15(19)20)10-9(6)12-21-13-10/h1-2,5,8,16H,3-4H2,(H,17,18)/t5-,8+/m1/s1. The number of carboxylic acid groups (broad SMARTS) is 1. The van der Waals surface area contributed by atoms with E-state index in [0.717, 1.165) is 0 Å². The Morgan fingerprint density at radius 3 is 2.81 bits per heavy atom. The summed E-state index contributed by atoms with van der Waals surface area (Å²) in [6, 6.07) is 1.67. The maximum Gasteiger partial charge on any atom is 0.326 e. The summed E-state index contributed by atoms with van der Waals surface area (Å²) < 4.78 is 4.54. The summed E-state index contributed by atoms with van der Waals surface area (Å²) in [5.41, 5.74) is 0.106. The second-order valence-corrected chi connectivity index (χ2v) is 4.72. The van der Waals surface area contributed by atoms with E-state index in [1.807, 2.05) is 0 Å². The van der Waals surface area contributed by atoms with Crippen molar-refractivity contribution in [3.63, 3.8) is 0 Å². The molecular formula is C11H10N4O6. The van der Waals surface area contributed by atoms with Gasteiger partial charge in [-0.05, 0) is 16.4 Å². The summed E-state index contributed by atoms with van der Waals surface area (Å²) in [5, 5.41) is 36.9. The Balaban J connectivity index is 2.13. The third-order valence-corrected chi connectivity index (χ3v) is 3.44. The first-order chi connectivity index (χ1) is 9.99. The Labute approximate surface area is 116 Å². The lowest BCUT2D eigenvalue weighted by Gasteiger charge is -2.23. The minimum atomic E-state index is -1.09. The summed E-state index contributed by atoms with van der Waals surface area (Å²) in [7, 11) is 0. The molecule has 3 rings (SSSR count). The number of non-ortho nitro benzene ring substituents is 1. The van der Waals surface area contributed by atoms with Crippen molar-refractivity contribution in [2.75, 3.05) is 11.4 Å². The van der Waals surface area contributed by atoms with Crippen molar-refractivity contribution in [1.29, 1.82) is 0 Å². The average Bonchev–Trinajstić information content (AvgIpc) is 3.03. The highest BCUT2D eigenvalue weighted by Crippen LogP contribution is 2.34. The van der Waals surface area contributed by atoms with Crippen molar-refractivity contribution in [2.24, 2.45) is 0 Å². The van der Waals surface area contributed by atoms with Crippen molar-refractivity contribution in [2.45, 2.75) is 18.6 Å². The van der Waals surface area contributed by atoms with Crippen molar-refractivity contribution in [1.82, 2.24) is 10.3 Å². The molecule has 1 aromatic heterocycles. The van der Waals surface area contributed by atoms with Crippen LogP contribution in [-0.4, -0.2) is 50.1 Å². The molecule has 2 aromatic rings. The van der Waals surface area contributed by atoms with Gasteiger partial charge in [0, 0.05) is 19.0 Å². The smallest absolute Gasteiger partial charge is 0.326 e. The summed E-state index contributed by atoms with van der Waals surface area (Å²) in [6.07, 6.45) is -0.727. The zero-order valence-corrected chi connectivity index (χ0v) is 10.5. The van der Waals surface area contributed by atoms with E-state index < -0.39 is 23.0 Å². The Kier molecular flexibility index (Phi) is 2.94. The third kappa shape index (κ3) is 2.05. The molecule has 1 saturated heterocycles. The number of β-amino-alcohol motifs (C(OH)–C–C–N with tert-alkyl or cyclic N) is 1. The van der Waals surface area contributed by atoms with Crippen molar-refractivity contribution < 1.29 is 24.6 Å². The SMILES string of the molecule is O=C(O)[C@@H]1C[C@@H](O)CN1c1ccc([N+](=O)[O-])c2nonc12. The fraction of sp³-hybridized carbons (Fsp3) is 0.364. The number of carbonyl (C=O) groups is 1. The Bertz CT molecular complexity index is 729. The van der Waals surface area contributed by atoms with Gasteiger partial charge in [-0.25, -0.2) is 9.42 Å². The molecule has 0 spiro atoms. The van der Waals surface area contributed by atoms with Gasteiger partial charge in [0.05, 0.1) is 16.7 Å². The number of aromatic nitrogens is 2. The van der Waals surface area contributed by atoms with Gasteiger partial charge in [-0.1, -0.05) is 0 Å². The van der Waals surface area contributed by atoms with Gasteiger partial charge in [-0.2, -0.15) is 0 Å². The first-order valence-corrected chi connectivity index (χ1v) is 6.06. The molecule has 1 aliphatic rings. The molecule has 1 fully saturated rings. The number of aliphatic hydroxyl groups is 1. The molecule has 0 radical (unpaired) electrons. The average molecular weight is 294 g/mol. The molecule has 0 amide bonds. The molecule has 0 bridgehead atoms. The van der Waals surface area contributed by atoms with Crippen LogP contribution in [0.3, 0.4) is 0 Å². The van der Waals surface area contributed by atoms with Gasteiger partial charge in [0.2, 0.25) is 5.52 Å². The molecule has 2 N–H and O–H groups in total. The van der Waals surface area contributed by atoms with Crippen LogP contribution in [0.1, 0.15) is 6.42 Å². The van der Waals surface area contributed by atoms with Crippen molar-refractivity contribution >= 4 is 28.4 Å². The maximum atomic E-state index is 11.3. The molecule has 0 unspecified atom stereocenters. The van der Waals surface area contributed by atoms with E-state index in [1.165, 1.54) is 17.0 Å². The number of nitrogens with zero attached hydrogens (tertiary/aromatic N) is 4. The maximum absolute atomic E-state index is 11.3. The number of rotatable bonds is 3. The molecule has 0 saturated carbocycles. The number of hydrogen-bond acceptors (Lipinski definition) is 8. The second-order valence-electron chi connectivity index (χ2n) is 4.72.